The van der Waals surface area contributed by atoms with Crippen LogP contribution >= 0.6 is 0 Å². The Morgan fingerprint density at radius 1 is 1.14 bits per heavy atom. The second-order valence-corrected chi connectivity index (χ2v) is 8.44. The minimum absolute atomic E-state index is 0.0310. The number of amides is 2. The predicted molar refractivity (Wildman–Crippen MR) is 108 cm³/mol. The number of hydrogen-bond acceptors (Lipinski definition) is 4. The maximum Gasteiger partial charge on any atom is 0.315 e. The predicted octanol–water partition coefficient (Wildman–Crippen LogP) is 2.54. The highest BCUT2D eigenvalue weighted by molar-refractivity contribution is 5.75. The van der Waals surface area contributed by atoms with Gasteiger partial charge in [-0.15, -0.1) is 0 Å². The van der Waals surface area contributed by atoms with Crippen LogP contribution in [0.3, 0.4) is 0 Å². The lowest BCUT2D eigenvalue weighted by Crippen LogP contribution is -2.57. The Bertz CT molecular complexity index is 629. The summed E-state index contributed by atoms with van der Waals surface area (Å²) >= 11 is 0. The van der Waals surface area contributed by atoms with Crippen molar-refractivity contribution in [2.24, 2.45) is 5.92 Å². The Kier molecular flexibility index (Phi) is 6.50. The normalized spacial score (nSPS) is 25.6. The highest BCUT2D eigenvalue weighted by atomic mass is 16.5. The van der Waals surface area contributed by atoms with E-state index in [9.17, 15) is 4.79 Å². The summed E-state index contributed by atoms with van der Waals surface area (Å²) in [5.74, 6) is 0.623. The fourth-order valence-electron chi connectivity index (χ4n) is 4.56. The van der Waals surface area contributed by atoms with Crippen molar-refractivity contribution in [1.82, 2.24) is 15.5 Å². The molecular weight excluding hydrogens is 354 g/mol. The van der Waals surface area contributed by atoms with Gasteiger partial charge in [0.2, 0.25) is 0 Å². The van der Waals surface area contributed by atoms with Gasteiger partial charge in [0.15, 0.2) is 0 Å². The third-order valence-corrected chi connectivity index (χ3v) is 6.28. The highest BCUT2D eigenvalue weighted by Gasteiger charge is 2.47. The third-order valence-electron chi connectivity index (χ3n) is 6.28. The van der Waals surface area contributed by atoms with Gasteiger partial charge in [-0.2, -0.15) is 0 Å². The lowest BCUT2D eigenvalue weighted by Gasteiger charge is -2.38. The van der Waals surface area contributed by atoms with Gasteiger partial charge < -0.3 is 20.1 Å². The summed E-state index contributed by atoms with van der Waals surface area (Å²) in [5, 5.41) is 6.38. The van der Waals surface area contributed by atoms with E-state index in [2.05, 4.69) is 39.8 Å². The number of nitrogens with one attached hydrogen (secondary N) is 2. The fraction of sp³-hybridized carbons (Fsp3) is 0.682. The average Bonchev–Trinajstić information content (AvgIpc) is 3.57. The number of benzene rings is 1. The molecule has 1 aromatic carbocycles. The summed E-state index contributed by atoms with van der Waals surface area (Å²) in [5.41, 5.74) is 1.26. The molecule has 1 aromatic rings. The molecule has 1 saturated carbocycles. The standard InChI is InChI=1S/C22H33N3O3/c26-21(24-22(19-7-8-19)9-13-27-14-10-22)23-15-20-17-25(11-4-12-28-20)16-18-5-2-1-3-6-18/h1-3,5-6,19-20H,4,7-17H2,(H2,23,24,26). The second kappa shape index (κ2) is 9.25. The van der Waals surface area contributed by atoms with Crippen molar-refractivity contribution in [3.05, 3.63) is 35.9 Å². The summed E-state index contributed by atoms with van der Waals surface area (Å²) in [6.45, 7) is 5.60. The molecule has 2 saturated heterocycles. The van der Waals surface area contributed by atoms with Crippen molar-refractivity contribution in [3.8, 4) is 0 Å². The second-order valence-electron chi connectivity index (χ2n) is 8.44. The Hall–Kier alpha value is -1.63. The molecule has 0 spiro atoms. The van der Waals surface area contributed by atoms with Crippen molar-refractivity contribution in [3.63, 3.8) is 0 Å². The summed E-state index contributed by atoms with van der Waals surface area (Å²) in [6, 6.07) is 10.5. The average molecular weight is 388 g/mol. The summed E-state index contributed by atoms with van der Waals surface area (Å²) in [6.07, 6.45) is 5.36. The fourth-order valence-corrected chi connectivity index (χ4v) is 4.56. The van der Waals surface area contributed by atoms with Crippen molar-refractivity contribution in [2.45, 2.75) is 50.3 Å². The van der Waals surface area contributed by atoms with Crippen LogP contribution < -0.4 is 10.6 Å². The molecule has 0 aromatic heterocycles. The molecule has 6 heteroatoms. The quantitative estimate of drug-likeness (QED) is 0.787. The monoisotopic (exact) mass is 387 g/mol. The topological polar surface area (TPSA) is 62.8 Å². The van der Waals surface area contributed by atoms with E-state index in [1.807, 2.05) is 6.07 Å². The van der Waals surface area contributed by atoms with E-state index >= 15 is 0 Å². The smallest absolute Gasteiger partial charge is 0.315 e. The van der Waals surface area contributed by atoms with E-state index in [1.54, 1.807) is 0 Å². The minimum atomic E-state index is -0.0635. The Morgan fingerprint density at radius 3 is 2.68 bits per heavy atom. The van der Waals surface area contributed by atoms with Gasteiger partial charge in [0.25, 0.3) is 0 Å². The zero-order chi connectivity index (χ0) is 19.2. The van der Waals surface area contributed by atoms with Crippen LogP contribution in [0.15, 0.2) is 30.3 Å². The number of urea groups is 1. The number of carbonyl (C=O) groups is 1. The van der Waals surface area contributed by atoms with E-state index in [0.29, 0.717) is 12.5 Å². The molecular formula is C22H33N3O3. The van der Waals surface area contributed by atoms with Crippen molar-refractivity contribution in [2.75, 3.05) is 39.5 Å². The van der Waals surface area contributed by atoms with Crippen LogP contribution in [0.1, 0.15) is 37.7 Å². The van der Waals surface area contributed by atoms with Crippen LogP contribution in [0.25, 0.3) is 0 Å². The van der Waals surface area contributed by atoms with Gasteiger partial charge in [0.05, 0.1) is 6.10 Å². The Labute approximate surface area is 168 Å². The number of carbonyl (C=O) groups excluding carboxylic acids is 1. The lowest BCUT2D eigenvalue weighted by atomic mass is 9.85. The van der Waals surface area contributed by atoms with Crippen molar-refractivity contribution >= 4 is 6.03 Å². The van der Waals surface area contributed by atoms with Gasteiger partial charge in [0.1, 0.15) is 0 Å². The first-order valence-electron chi connectivity index (χ1n) is 10.8. The van der Waals surface area contributed by atoms with Crippen LogP contribution in [0, 0.1) is 5.92 Å². The molecule has 2 N–H and O–H groups in total. The van der Waals surface area contributed by atoms with E-state index in [0.717, 1.165) is 58.7 Å². The van der Waals surface area contributed by atoms with E-state index < -0.39 is 0 Å². The van der Waals surface area contributed by atoms with E-state index in [4.69, 9.17) is 9.47 Å². The van der Waals surface area contributed by atoms with Crippen molar-refractivity contribution < 1.29 is 14.3 Å². The van der Waals surface area contributed by atoms with Crippen LogP contribution in [-0.4, -0.2) is 62.0 Å². The molecule has 4 rings (SSSR count). The van der Waals surface area contributed by atoms with Gasteiger partial charge in [-0.25, -0.2) is 4.79 Å². The number of ether oxygens (including phenoxy) is 2. The molecule has 3 fully saturated rings. The SMILES string of the molecule is O=C(NCC1CN(Cc2ccccc2)CCCO1)NC1(C2CC2)CCOCC1. The highest BCUT2D eigenvalue weighted by Crippen LogP contribution is 2.44. The zero-order valence-electron chi connectivity index (χ0n) is 16.7. The van der Waals surface area contributed by atoms with E-state index in [-0.39, 0.29) is 17.7 Å². The van der Waals surface area contributed by atoms with Gasteiger partial charge in [-0.3, -0.25) is 4.90 Å². The molecule has 2 aliphatic heterocycles. The molecule has 28 heavy (non-hydrogen) atoms. The van der Waals surface area contributed by atoms with Crippen molar-refractivity contribution in [1.29, 1.82) is 0 Å². The largest absolute Gasteiger partial charge is 0.381 e. The van der Waals surface area contributed by atoms with Crippen LogP contribution in [0.2, 0.25) is 0 Å². The molecule has 0 radical (unpaired) electrons. The molecule has 1 aliphatic carbocycles. The van der Waals surface area contributed by atoms with Gasteiger partial charge >= 0.3 is 6.03 Å². The molecule has 1 unspecified atom stereocenters. The third kappa shape index (κ3) is 5.25. The summed E-state index contributed by atoms with van der Waals surface area (Å²) in [4.78, 5) is 15.0. The molecule has 0 bridgehead atoms. The first-order chi connectivity index (χ1) is 13.7. The number of hydrogen-bond donors (Lipinski definition) is 2. The van der Waals surface area contributed by atoms with E-state index in [1.165, 1.54) is 18.4 Å². The molecule has 3 aliphatic rings. The number of rotatable bonds is 6. The maximum absolute atomic E-state index is 12.6. The Morgan fingerprint density at radius 2 is 1.93 bits per heavy atom. The lowest BCUT2D eigenvalue weighted by molar-refractivity contribution is 0.0321. The maximum atomic E-state index is 12.6. The van der Waals surface area contributed by atoms with Crippen LogP contribution in [0.4, 0.5) is 4.79 Å². The summed E-state index contributed by atoms with van der Waals surface area (Å²) in [7, 11) is 0. The molecule has 1 atom stereocenters. The van der Waals surface area contributed by atoms with Gasteiger partial charge in [-0.05, 0) is 43.6 Å². The zero-order valence-corrected chi connectivity index (χ0v) is 16.7. The molecule has 2 amide bonds. The Balaban J connectivity index is 1.26. The first-order valence-corrected chi connectivity index (χ1v) is 10.8. The van der Waals surface area contributed by atoms with Crippen LogP contribution in [0.5, 0.6) is 0 Å². The van der Waals surface area contributed by atoms with Gasteiger partial charge in [-0.1, -0.05) is 30.3 Å². The molecule has 6 nitrogen and oxygen atoms in total. The van der Waals surface area contributed by atoms with Gasteiger partial charge in [0, 0.05) is 51.5 Å². The first kappa shape index (κ1) is 19.7. The number of nitrogens with zero attached hydrogens (tertiary/aromatic N) is 1. The molecule has 2 heterocycles. The summed E-state index contributed by atoms with van der Waals surface area (Å²) < 4.78 is 11.5. The minimum Gasteiger partial charge on any atom is -0.381 e. The molecule has 154 valence electrons. The van der Waals surface area contributed by atoms with Crippen LogP contribution in [-0.2, 0) is 16.0 Å².